The Morgan fingerprint density at radius 2 is 1.31 bits per heavy atom. The molecule has 0 atom stereocenters. The number of unbranched alkanes of at least 4 members (excludes halogenated alkanes) is 2. The molecule has 0 saturated heterocycles. The van der Waals surface area contributed by atoms with Crippen molar-refractivity contribution < 1.29 is 26.7 Å². The fourth-order valence-corrected chi connectivity index (χ4v) is 6.16. The zero-order valence-corrected chi connectivity index (χ0v) is 21.0. The molecule has 2 aliphatic rings. The molecule has 35 heavy (non-hydrogen) atoms. The van der Waals surface area contributed by atoms with Gasteiger partial charge in [0, 0.05) is 0 Å². The maximum Gasteiger partial charge on any atom is 0.573 e. The second-order valence-electron chi connectivity index (χ2n) is 10.7. The van der Waals surface area contributed by atoms with Crippen molar-refractivity contribution in [1.29, 1.82) is 0 Å². The van der Waals surface area contributed by atoms with Crippen LogP contribution in [0.5, 0.6) is 5.75 Å². The van der Waals surface area contributed by atoms with E-state index in [0.29, 0.717) is 17.9 Å². The molecular formula is C29H41F5O. The lowest BCUT2D eigenvalue weighted by molar-refractivity contribution is -0.276. The number of aryl methyl sites for hydroxylation is 1. The Morgan fingerprint density at radius 3 is 1.83 bits per heavy atom. The van der Waals surface area contributed by atoms with Crippen molar-refractivity contribution in [2.45, 2.75) is 110 Å². The van der Waals surface area contributed by atoms with Crippen LogP contribution < -0.4 is 4.74 Å². The maximum atomic E-state index is 14.0. The van der Waals surface area contributed by atoms with E-state index in [0.717, 1.165) is 49.1 Å². The molecule has 0 N–H and O–H groups in total. The van der Waals surface area contributed by atoms with Gasteiger partial charge in [0.2, 0.25) is 5.75 Å². The highest BCUT2D eigenvalue weighted by atomic mass is 19.4. The molecule has 6 heteroatoms. The van der Waals surface area contributed by atoms with Gasteiger partial charge in [0.05, 0.1) is 0 Å². The molecule has 0 bridgehead atoms. The number of alkyl halides is 3. The molecule has 2 fully saturated rings. The monoisotopic (exact) mass is 500 g/mol. The van der Waals surface area contributed by atoms with Gasteiger partial charge in [-0.15, -0.1) is 13.2 Å². The van der Waals surface area contributed by atoms with E-state index in [9.17, 15) is 22.0 Å². The molecule has 1 nitrogen and oxygen atoms in total. The number of ether oxygens (including phenoxy) is 1. The fraction of sp³-hybridized carbons (Fsp3) is 0.724. The normalized spacial score (nSPS) is 25.8. The van der Waals surface area contributed by atoms with Gasteiger partial charge in [-0.2, -0.15) is 0 Å². The van der Waals surface area contributed by atoms with E-state index in [2.05, 4.69) is 23.8 Å². The van der Waals surface area contributed by atoms with E-state index in [1.165, 1.54) is 70.6 Å². The minimum absolute atomic E-state index is 0.385. The first-order valence-electron chi connectivity index (χ1n) is 13.6. The Labute approximate surface area is 207 Å². The summed E-state index contributed by atoms with van der Waals surface area (Å²) < 4.78 is 68.3. The SMILES string of the molecule is CCCC=CCCCC1CCC(C2CCC(CCc3cc(F)c(OC(F)(F)F)c(F)c3)CC2)CC1. The van der Waals surface area contributed by atoms with Gasteiger partial charge in [-0.25, -0.2) is 8.78 Å². The number of halogens is 5. The summed E-state index contributed by atoms with van der Waals surface area (Å²) in [4.78, 5) is 0. The summed E-state index contributed by atoms with van der Waals surface area (Å²) in [6.07, 6.45) is 17.3. The molecule has 3 rings (SSSR count). The van der Waals surface area contributed by atoms with Crippen molar-refractivity contribution >= 4 is 0 Å². The van der Waals surface area contributed by atoms with Crippen LogP contribution in [-0.4, -0.2) is 6.36 Å². The lowest BCUT2D eigenvalue weighted by atomic mass is 9.68. The third-order valence-electron chi connectivity index (χ3n) is 8.17. The number of allylic oxidation sites excluding steroid dienone is 2. The van der Waals surface area contributed by atoms with Gasteiger partial charge in [-0.05, 0) is 99.2 Å². The van der Waals surface area contributed by atoms with Gasteiger partial charge in [0.1, 0.15) is 0 Å². The zero-order chi connectivity index (χ0) is 25.3. The highest BCUT2D eigenvalue weighted by molar-refractivity contribution is 5.31. The van der Waals surface area contributed by atoms with E-state index in [-0.39, 0.29) is 0 Å². The van der Waals surface area contributed by atoms with E-state index >= 15 is 0 Å². The third-order valence-corrected chi connectivity index (χ3v) is 8.17. The number of rotatable bonds is 11. The lowest BCUT2D eigenvalue weighted by Gasteiger charge is -2.38. The first-order valence-corrected chi connectivity index (χ1v) is 13.6. The van der Waals surface area contributed by atoms with E-state index in [4.69, 9.17) is 0 Å². The van der Waals surface area contributed by atoms with Gasteiger partial charge in [-0.3, -0.25) is 0 Å². The van der Waals surface area contributed by atoms with Crippen LogP contribution in [-0.2, 0) is 6.42 Å². The van der Waals surface area contributed by atoms with Gasteiger partial charge in [-0.1, -0.05) is 57.6 Å². The van der Waals surface area contributed by atoms with Crippen LogP contribution in [0.25, 0.3) is 0 Å². The van der Waals surface area contributed by atoms with Gasteiger partial charge in [0.25, 0.3) is 0 Å². The second-order valence-corrected chi connectivity index (χ2v) is 10.7. The molecule has 0 aliphatic heterocycles. The number of benzene rings is 1. The average Bonchev–Trinajstić information content (AvgIpc) is 2.82. The third kappa shape index (κ3) is 9.42. The number of hydrogen-bond acceptors (Lipinski definition) is 1. The van der Waals surface area contributed by atoms with Gasteiger partial charge in [0.15, 0.2) is 11.6 Å². The molecule has 0 heterocycles. The molecule has 1 aromatic carbocycles. The lowest BCUT2D eigenvalue weighted by Crippen LogP contribution is -2.26. The molecule has 0 aromatic heterocycles. The molecule has 2 saturated carbocycles. The molecule has 1 aromatic rings. The van der Waals surface area contributed by atoms with Crippen molar-refractivity contribution in [1.82, 2.24) is 0 Å². The Bertz CT molecular complexity index is 764. The van der Waals surface area contributed by atoms with Crippen LogP contribution in [0.15, 0.2) is 24.3 Å². The van der Waals surface area contributed by atoms with Crippen LogP contribution in [0.4, 0.5) is 22.0 Å². The van der Waals surface area contributed by atoms with Crippen molar-refractivity contribution in [3.63, 3.8) is 0 Å². The molecule has 0 unspecified atom stereocenters. The van der Waals surface area contributed by atoms with Crippen molar-refractivity contribution in [2.24, 2.45) is 23.7 Å². The summed E-state index contributed by atoms with van der Waals surface area (Å²) >= 11 is 0. The van der Waals surface area contributed by atoms with Crippen molar-refractivity contribution in [3.8, 4) is 5.75 Å². The minimum Gasteiger partial charge on any atom is -0.399 e. The molecule has 2 aliphatic carbocycles. The summed E-state index contributed by atoms with van der Waals surface area (Å²) in [5.74, 6) is -0.912. The zero-order valence-electron chi connectivity index (χ0n) is 21.0. The van der Waals surface area contributed by atoms with Crippen LogP contribution in [0, 0.1) is 35.3 Å². The Balaban J connectivity index is 1.34. The van der Waals surface area contributed by atoms with Gasteiger partial charge < -0.3 is 4.74 Å². The predicted molar refractivity (Wildman–Crippen MR) is 130 cm³/mol. The van der Waals surface area contributed by atoms with Crippen LogP contribution >= 0.6 is 0 Å². The average molecular weight is 501 g/mol. The Kier molecular flexibility index (Phi) is 10.9. The first-order chi connectivity index (χ1) is 16.7. The fourth-order valence-electron chi connectivity index (χ4n) is 6.16. The van der Waals surface area contributed by atoms with Gasteiger partial charge >= 0.3 is 6.36 Å². The molecule has 0 amide bonds. The number of hydrogen-bond donors (Lipinski definition) is 0. The minimum atomic E-state index is -5.12. The van der Waals surface area contributed by atoms with E-state index in [1.807, 2.05) is 0 Å². The Hall–Kier alpha value is -1.59. The largest absolute Gasteiger partial charge is 0.573 e. The van der Waals surface area contributed by atoms with Crippen LogP contribution in [0.2, 0.25) is 0 Å². The highest BCUT2D eigenvalue weighted by Crippen LogP contribution is 2.43. The van der Waals surface area contributed by atoms with E-state index in [1.54, 1.807) is 0 Å². The van der Waals surface area contributed by atoms with Crippen molar-refractivity contribution in [2.75, 3.05) is 0 Å². The maximum absolute atomic E-state index is 14.0. The smallest absolute Gasteiger partial charge is 0.399 e. The summed E-state index contributed by atoms with van der Waals surface area (Å²) in [6, 6.07) is 1.94. The Morgan fingerprint density at radius 1 is 0.800 bits per heavy atom. The molecular weight excluding hydrogens is 459 g/mol. The van der Waals surface area contributed by atoms with Crippen LogP contribution in [0.1, 0.15) is 102 Å². The standard InChI is InChI=1S/C29H41F5O/c1-2-3-4-5-6-7-8-21-11-15-24(16-12-21)25-17-13-22(14-18-25)9-10-23-19-26(30)28(27(31)20-23)35-29(32,33)34/h4-5,19-22,24-25H,2-3,6-18H2,1H3. The molecule has 198 valence electrons. The topological polar surface area (TPSA) is 9.23 Å². The summed E-state index contributed by atoms with van der Waals surface area (Å²) in [6.45, 7) is 2.21. The van der Waals surface area contributed by atoms with Crippen molar-refractivity contribution in [3.05, 3.63) is 41.5 Å². The molecule has 0 radical (unpaired) electrons. The summed E-state index contributed by atoms with van der Waals surface area (Å²) in [5, 5.41) is 0. The first kappa shape index (κ1) is 28.0. The van der Waals surface area contributed by atoms with E-state index < -0.39 is 23.7 Å². The second kappa shape index (κ2) is 13.6. The predicted octanol–water partition coefficient (Wildman–Crippen LogP) is 9.94. The quantitative estimate of drug-likeness (QED) is 0.167. The summed E-state index contributed by atoms with van der Waals surface area (Å²) in [5.41, 5.74) is 0.385. The molecule has 0 spiro atoms. The summed E-state index contributed by atoms with van der Waals surface area (Å²) in [7, 11) is 0. The van der Waals surface area contributed by atoms with Crippen LogP contribution in [0.3, 0.4) is 0 Å². The highest BCUT2D eigenvalue weighted by Gasteiger charge is 2.34.